The van der Waals surface area contributed by atoms with Gasteiger partial charge in [0.05, 0.1) is 5.92 Å². The quantitative estimate of drug-likeness (QED) is 0.862. The molecule has 0 heterocycles. The van der Waals surface area contributed by atoms with Crippen LogP contribution in [0.3, 0.4) is 0 Å². The number of hydrogen-bond donors (Lipinski definition) is 1. The maximum atomic E-state index is 11.0. The molecule has 0 aliphatic rings. The van der Waals surface area contributed by atoms with Crippen molar-refractivity contribution in [3.63, 3.8) is 0 Å². The molecule has 16 heavy (non-hydrogen) atoms. The molecule has 3 heteroatoms. The lowest BCUT2D eigenvalue weighted by Gasteiger charge is -2.14. The second-order valence-corrected chi connectivity index (χ2v) is 4.64. The molecule has 0 bridgehead atoms. The van der Waals surface area contributed by atoms with E-state index in [4.69, 9.17) is 16.7 Å². The minimum absolute atomic E-state index is 0.353. The third-order valence-electron chi connectivity index (χ3n) is 2.76. The minimum atomic E-state index is -0.795. The van der Waals surface area contributed by atoms with Gasteiger partial charge in [-0.1, -0.05) is 44.5 Å². The molecule has 88 valence electrons. The number of hydrogen-bond acceptors (Lipinski definition) is 1. The third kappa shape index (κ3) is 2.76. The summed E-state index contributed by atoms with van der Waals surface area (Å²) in [4.78, 5) is 11.0. The molecule has 0 spiro atoms. The zero-order valence-electron chi connectivity index (χ0n) is 9.83. The van der Waals surface area contributed by atoms with Crippen molar-refractivity contribution in [3.05, 3.63) is 34.3 Å². The first-order valence-corrected chi connectivity index (χ1v) is 5.87. The second-order valence-electron chi connectivity index (χ2n) is 4.23. The molecule has 0 amide bonds. The van der Waals surface area contributed by atoms with Crippen molar-refractivity contribution < 1.29 is 9.90 Å². The summed E-state index contributed by atoms with van der Waals surface area (Å²) >= 11 is 6.14. The molecule has 0 saturated carbocycles. The molecule has 0 aliphatic carbocycles. The van der Waals surface area contributed by atoms with Crippen molar-refractivity contribution in [2.75, 3.05) is 0 Å². The number of carboxylic acid groups (broad SMARTS) is 1. The van der Waals surface area contributed by atoms with E-state index in [1.807, 2.05) is 19.1 Å². The van der Waals surface area contributed by atoms with Crippen LogP contribution in [0.15, 0.2) is 18.2 Å². The van der Waals surface area contributed by atoms with Gasteiger partial charge >= 0.3 is 5.97 Å². The number of rotatable bonds is 4. The second kappa shape index (κ2) is 5.35. The first-order valence-electron chi connectivity index (χ1n) is 5.49. The summed E-state index contributed by atoms with van der Waals surface area (Å²) in [6.45, 7) is 5.99. The number of carbonyl (C=O) groups is 1. The fraction of sp³-hybridized carbons (Fsp3) is 0.462. The van der Waals surface area contributed by atoms with Gasteiger partial charge in [-0.15, -0.1) is 0 Å². The lowest BCUT2D eigenvalue weighted by atomic mass is 9.93. The van der Waals surface area contributed by atoms with E-state index in [0.717, 1.165) is 11.1 Å². The van der Waals surface area contributed by atoms with Gasteiger partial charge in [0.2, 0.25) is 0 Å². The average molecular weight is 241 g/mol. The highest BCUT2D eigenvalue weighted by Gasteiger charge is 2.18. The van der Waals surface area contributed by atoms with Crippen LogP contribution in [0.4, 0.5) is 0 Å². The fourth-order valence-electron chi connectivity index (χ4n) is 1.78. The Bertz CT molecular complexity index is 386. The van der Waals surface area contributed by atoms with Gasteiger partial charge in [-0.2, -0.15) is 0 Å². The molecule has 1 unspecified atom stereocenters. The predicted molar refractivity (Wildman–Crippen MR) is 66.2 cm³/mol. The van der Waals surface area contributed by atoms with E-state index in [0.29, 0.717) is 17.4 Å². The highest BCUT2D eigenvalue weighted by Crippen LogP contribution is 2.29. The van der Waals surface area contributed by atoms with Crippen LogP contribution in [0.5, 0.6) is 0 Å². The number of halogens is 1. The maximum Gasteiger partial charge on any atom is 0.310 e. The third-order valence-corrected chi connectivity index (χ3v) is 3.08. The molecule has 0 aliphatic heterocycles. The Morgan fingerprint density at radius 3 is 2.44 bits per heavy atom. The first-order chi connectivity index (χ1) is 7.47. The summed E-state index contributed by atoms with van der Waals surface area (Å²) in [6, 6.07) is 5.57. The lowest BCUT2D eigenvalue weighted by molar-refractivity contribution is -0.138. The van der Waals surface area contributed by atoms with Crippen LogP contribution < -0.4 is 0 Å². The summed E-state index contributed by atoms with van der Waals surface area (Å²) in [5.41, 5.74) is 1.84. The SMILES string of the molecule is CCC(C(=O)O)c1ccc(C(C)C)c(Cl)c1. The highest BCUT2D eigenvalue weighted by atomic mass is 35.5. The van der Waals surface area contributed by atoms with Crippen molar-refractivity contribution in [2.24, 2.45) is 0 Å². The zero-order valence-corrected chi connectivity index (χ0v) is 10.6. The van der Waals surface area contributed by atoms with Gasteiger partial charge in [-0.05, 0) is 29.5 Å². The molecular formula is C13H17ClO2. The molecule has 1 rings (SSSR count). The largest absolute Gasteiger partial charge is 0.481 e. The van der Waals surface area contributed by atoms with Gasteiger partial charge in [0.15, 0.2) is 0 Å². The maximum absolute atomic E-state index is 11.0. The molecule has 1 aromatic carbocycles. The van der Waals surface area contributed by atoms with Crippen molar-refractivity contribution >= 4 is 17.6 Å². The standard InChI is InChI=1S/C13H17ClO2/c1-4-10(13(15)16)9-5-6-11(8(2)3)12(14)7-9/h5-8,10H,4H2,1-3H3,(H,15,16). The van der Waals surface area contributed by atoms with Crippen molar-refractivity contribution in [1.29, 1.82) is 0 Å². The monoisotopic (exact) mass is 240 g/mol. The Morgan fingerprint density at radius 1 is 1.44 bits per heavy atom. The summed E-state index contributed by atoms with van der Waals surface area (Å²) in [7, 11) is 0. The Hall–Kier alpha value is -1.02. The molecule has 0 fully saturated rings. The minimum Gasteiger partial charge on any atom is -0.481 e. The van der Waals surface area contributed by atoms with Gasteiger partial charge in [-0.25, -0.2) is 0 Å². The lowest BCUT2D eigenvalue weighted by Crippen LogP contribution is -2.10. The van der Waals surface area contributed by atoms with Crippen LogP contribution in [-0.2, 0) is 4.79 Å². The van der Waals surface area contributed by atoms with Crippen LogP contribution in [0.1, 0.15) is 50.2 Å². The summed E-state index contributed by atoms with van der Waals surface area (Å²) in [6.07, 6.45) is 0.576. The summed E-state index contributed by atoms with van der Waals surface area (Å²) in [5.74, 6) is -0.902. The average Bonchev–Trinajstić information content (AvgIpc) is 2.17. The van der Waals surface area contributed by atoms with Crippen molar-refractivity contribution in [1.82, 2.24) is 0 Å². The van der Waals surface area contributed by atoms with E-state index in [-0.39, 0.29) is 0 Å². The van der Waals surface area contributed by atoms with Gasteiger partial charge in [0, 0.05) is 5.02 Å². The molecule has 1 atom stereocenters. The number of aliphatic carboxylic acids is 1. The van der Waals surface area contributed by atoms with Crippen LogP contribution in [0, 0.1) is 0 Å². The fourth-order valence-corrected chi connectivity index (χ4v) is 2.19. The molecule has 0 aromatic heterocycles. The van der Waals surface area contributed by atoms with E-state index in [1.54, 1.807) is 6.07 Å². The van der Waals surface area contributed by atoms with Gasteiger partial charge in [0.25, 0.3) is 0 Å². The van der Waals surface area contributed by atoms with Crippen LogP contribution >= 0.6 is 11.6 Å². The molecule has 1 N–H and O–H groups in total. The van der Waals surface area contributed by atoms with Gasteiger partial charge in [-0.3, -0.25) is 4.79 Å². The smallest absolute Gasteiger partial charge is 0.310 e. The Kier molecular flexibility index (Phi) is 4.36. The zero-order chi connectivity index (χ0) is 12.3. The summed E-state index contributed by atoms with van der Waals surface area (Å²) < 4.78 is 0. The Balaban J connectivity index is 3.09. The topological polar surface area (TPSA) is 37.3 Å². The molecule has 2 nitrogen and oxygen atoms in total. The summed E-state index contributed by atoms with van der Waals surface area (Å²) in [5, 5.41) is 9.71. The van der Waals surface area contributed by atoms with E-state index in [2.05, 4.69) is 13.8 Å². The van der Waals surface area contributed by atoms with Gasteiger partial charge < -0.3 is 5.11 Å². The normalized spacial score (nSPS) is 12.8. The highest BCUT2D eigenvalue weighted by molar-refractivity contribution is 6.31. The van der Waals surface area contributed by atoms with E-state index in [1.165, 1.54) is 0 Å². The number of carboxylic acids is 1. The van der Waals surface area contributed by atoms with Crippen LogP contribution in [0.25, 0.3) is 0 Å². The van der Waals surface area contributed by atoms with Gasteiger partial charge in [0.1, 0.15) is 0 Å². The van der Waals surface area contributed by atoms with Crippen LogP contribution in [-0.4, -0.2) is 11.1 Å². The van der Waals surface area contributed by atoms with Crippen molar-refractivity contribution in [2.45, 2.75) is 39.0 Å². The van der Waals surface area contributed by atoms with Crippen molar-refractivity contribution in [3.8, 4) is 0 Å². The predicted octanol–water partition coefficient (Wildman–Crippen LogP) is 4.04. The molecular weight excluding hydrogens is 224 g/mol. The Labute approximate surface area is 101 Å². The molecule has 0 saturated heterocycles. The number of benzene rings is 1. The van der Waals surface area contributed by atoms with Crippen LogP contribution in [0.2, 0.25) is 5.02 Å². The van der Waals surface area contributed by atoms with E-state index >= 15 is 0 Å². The Morgan fingerprint density at radius 2 is 2.06 bits per heavy atom. The molecule has 0 radical (unpaired) electrons. The van der Waals surface area contributed by atoms with E-state index < -0.39 is 11.9 Å². The molecule has 1 aromatic rings. The first kappa shape index (κ1) is 13.0. The van der Waals surface area contributed by atoms with E-state index in [9.17, 15) is 4.79 Å².